The van der Waals surface area contributed by atoms with Gasteiger partial charge < -0.3 is 0 Å². The van der Waals surface area contributed by atoms with Crippen LogP contribution in [0.1, 0.15) is 32.1 Å². The first-order valence-electron chi connectivity index (χ1n) is 6.38. The number of sulfonamides is 1. The van der Waals surface area contributed by atoms with Crippen LogP contribution >= 0.6 is 50.6 Å². The molecule has 1 saturated carbocycles. The summed E-state index contributed by atoms with van der Waals surface area (Å²) in [5.41, 5.74) is 0. The molecule has 0 saturated heterocycles. The minimum absolute atomic E-state index is 0.0452. The van der Waals surface area contributed by atoms with Crippen LogP contribution < -0.4 is 4.72 Å². The standard InChI is InChI=1S/C12H17BrClNO2S3/c1-18-12(5-3-2-4-6-12)8-15-20(16,17)10-7-9(14)11(13)19-10/h7,15H,2-6,8H2,1H3. The molecule has 0 bridgehead atoms. The van der Waals surface area contributed by atoms with Gasteiger partial charge in [-0.2, -0.15) is 11.8 Å². The van der Waals surface area contributed by atoms with E-state index < -0.39 is 10.0 Å². The van der Waals surface area contributed by atoms with Crippen molar-refractivity contribution in [2.45, 2.75) is 41.1 Å². The fourth-order valence-electron chi connectivity index (χ4n) is 2.41. The SMILES string of the molecule is CSC1(CNS(=O)(=O)c2cc(Cl)c(Br)s2)CCCCC1. The zero-order valence-corrected chi connectivity index (χ0v) is 15.9. The van der Waals surface area contributed by atoms with Crippen molar-refractivity contribution in [1.29, 1.82) is 0 Å². The Kier molecular flexibility index (Phi) is 5.87. The van der Waals surface area contributed by atoms with Crippen molar-refractivity contribution in [3.05, 3.63) is 14.9 Å². The maximum Gasteiger partial charge on any atom is 0.250 e. The van der Waals surface area contributed by atoms with Gasteiger partial charge in [0.2, 0.25) is 10.0 Å². The van der Waals surface area contributed by atoms with E-state index >= 15 is 0 Å². The molecular formula is C12H17BrClNO2S3. The minimum Gasteiger partial charge on any atom is -0.209 e. The van der Waals surface area contributed by atoms with Crippen molar-refractivity contribution >= 4 is 60.7 Å². The molecule has 2 rings (SSSR count). The minimum atomic E-state index is -3.47. The Morgan fingerprint density at radius 1 is 1.45 bits per heavy atom. The molecule has 0 spiro atoms. The van der Waals surface area contributed by atoms with Gasteiger partial charge in [-0.1, -0.05) is 30.9 Å². The van der Waals surface area contributed by atoms with E-state index in [1.165, 1.54) is 25.3 Å². The molecular weight excluding hydrogens is 402 g/mol. The van der Waals surface area contributed by atoms with E-state index in [0.717, 1.165) is 24.2 Å². The Hall–Kier alpha value is 0.730. The first kappa shape index (κ1) is 17.1. The predicted molar refractivity (Wildman–Crippen MR) is 91.5 cm³/mol. The molecule has 0 aliphatic heterocycles. The Morgan fingerprint density at radius 3 is 2.60 bits per heavy atom. The predicted octanol–water partition coefficient (Wildman–Crippen LogP) is 4.51. The van der Waals surface area contributed by atoms with Crippen LogP contribution in [-0.2, 0) is 10.0 Å². The van der Waals surface area contributed by atoms with Gasteiger partial charge in [0, 0.05) is 11.3 Å². The van der Waals surface area contributed by atoms with Gasteiger partial charge in [0.1, 0.15) is 4.21 Å². The summed E-state index contributed by atoms with van der Waals surface area (Å²) >= 11 is 12.1. The zero-order chi connectivity index (χ0) is 14.8. The topological polar surface area (TPSA) is 46.2 Å². The third kappa shape index (κ3) is 3.93. The van der Waals surface area contributed by atoms with E-state index in [1.807, 2.05) is 0 Å². The monoisotopic (exact) mass is 417 g/mol. The first-order chi connectivity index (χ1) is 9.38. The molecule has 20 heavy (non-hydrogen) atoms. The maximum absolute atomic E-state index is 12.3. The van der Waals surface area contributed by atoms with Crippen LogP contribution in [0.25, 0.3) is 0 Å². The Morgan fingerprint density at radius 2 is 2.10 bits per heavy atom. The van der Waals surface area contributed by atoms with Crippen LogP contribution in [0.4, 0.5) is 0 Å². The highest BCUT2D eigenvalue weighted by Gasteiger charge is 2.33. The molecule has 0 aromatic carbocycles. The van der Waals surface area contributed by atoms with Crippen molar-refractivity contribution in [2.75, 3.05) is 12.8 Å². The molecule has 1 heterocycles. The van der Waals surface area contributed by atoms with Gasteiger partial charge in [-0.05, 0) is 41.1 Å². The second-order valence-electron chi connectivity index (χ2n) is 4.96. The van der Waals surface area contributed by atoms with Gasteiger partial charge in [-0.3, -0.25) is 0 Å². The smallest absolute Gasteiger partial charge is 0.209 e. The summed E-state index contributed by atoms with van der Waals surface area (Å²) in [5, 5.41) is 0.438. The van der Waals surface area contributed by atoms with Crippen LogP contribution in [0, 0.1) is 0 Å². The molecule has 0 unspecified atom stereocenters. The molecule has 1 N–H and O–H groups in total. The second kappa shape index (κ2) is 6.87. The maximum atomic E-state index is 12.3. The molecule has 114 valence electrons. The summed E-state index contributed by atoms with van der Waals surface area (Å²) in [7, 11) is -3.47. The normalized spacial score (nSPS) is 19.1. The molecule has 3 nitrogen and oxygen atoms in total. The van der Waals surface area contributed by atoms with E-state index in [9.17, 15) is 8.42 Å². The Bertz CT molecular complexity index is 548. The van der Waals surface area contributed by atoms with Gasteiger partial charge in [0.05, 0.1) is 8.81 Å². The number of hydrogen-bond donors (Lipinski definition) is 1. The van der Waals surface area contributed by atoms with Crippen LogP contribution in [-0.4, -0.2) is 26.0 Å². The number of rotatable bonds is 5. The van der Waals surface area contributed by atoms with Crippen molar-refractivity contribution in [3.63, 3.8) is 0 Å². The van der Waals surface area contributed by atoms with E-state index in [0.29, 0.717) is 15.4 Å². The van der Waals surface area contributed by atoms with Gasteiger partial charge in [-0.15, -0.1) is 11.3 Å². The molecule has 0 atom stereocenters. The van der Waals surface area contributed by atoms with Gasteiger partial charge in [0.15, 0.2) is 0 Å². The van der Waals surface area contributed by atoms with Crippen molar-refractivity contribution in [3.8, 4) is 0 Å². The molecule has 0 radical (unpaired) electrons. The third-order valence-corrected chi connectivity index (χ3v) is 9.44. The van der Waals surface area contributed by atoms with Crippen molar-refractivity contribution in [2.24, 2.45) is 0 Å². The van der Waals surface area contributed by atoms with Gasteiger partial charge in [0.25, 0.3) is 0 Å². The molecule has 1 aromatic heterocycles. The fourth-order valence-corrected chi connectivity index (χ4v) is 6.98. The molecule has 1 aromatic rings. The molecule has 0 amide bonds. The number of nitrogens with one attached hydrogen (secondary N) is 1. The molecule has 1 aliphatic carbocycles. The Labute approximate surface area is 142 Å². The highest BCUT2D eigenvalue weighted by molar-refractivity contribution is 9.11. The quantitative estimate of drug-likeness (QED) is 0.765. The van der Waals surface area contributed by atoms with Crippen LogP contribution in [0.15, 0.2) is 14.1 Å². The lowest BCUT2D eigenvalue weighted by Crippen LogP contribution is -2.41. The number of thiophene rings is 1. The van der Waals surface area contributed by atoms with E-state index in [1.54, 1.807) is 11.8 Å². The summed E-state index contributed by atoms with van der Waals surface area (Å²) in [6, 6.07) is 1.49. The lowest BCUT2D eigenvalue weighted by Gasteiger charge is -2.35. The zero-order valence-electron chi connectivity index (χ0n) is 11.1. The molecule has 8 heteroatoms. The number of halogens is 2. The Balaban J connectivity index is 2.08. The average Bonchev–Trinajstić information content (AvgIpc) is 2.79. The molecule has 1 fully saturated rings. The third-order valence-electron chi connectivity index (χ3n) is 3.67. The van der Waals surface area contributed by atoms with Crippen LogP contribution in [0.2, 0.25) is 5.02 Å². The summed E-state index contributed by atoms with van der Waals surface area (Å²) in [6.07, 6.45) is 7.83. The summed E-state index contributed by atoms with van der Waals surface area (Å²) in [5.74, 6) is 0. The summed E-state index contributed by atoms with van der Waals surface area (Å²) < 4.78 is 28.3. The van der Waals surface area contributed by atoms with E-state index in [-0.39, 0.29) is 8.96 Å². The van der Waals surface area contributed by atoms with Crippen LogP contribution in [0.5, 0.6) is 0 Å². The van der Waals surface area contributed by atoms with E-state index in [4.69, 9.17) is 11.6 Å². The van der Waals surface area contributed by atoms with Crippen molar-refractivity contribution in [1.82, 2.24) is 4.72 Å². The van der Waals surface area contributed by atoms with Gasteiger partial charge >= 0.3 is 0 Å². The number of thioether (sulfide) groups is 1. The lowest BCUT2D eigenvalue weighted by atomic mass is 9.88. The van der Waals surface area contributed by atoms with Crippen molar-refractivity contribution < 1.29 is 8.42 Å². The summed E-state index contributed by atoms with van der Waals surface area (Å²) in [4.78, 5) is 0. The average molecular weight is 419 g/mol. The summed E-state index contributed by atoms with van der Waals surface area (Å²) in [6.45, 7) is 0.490. The molecule has 1 aliphatic rings. The second-order valence-corrected chi connectivity index (χ2v) is 11.0. The highest BCUT2D eigenvalue weighted by Crippen LogP contribution is 2.39. The highest BCUT2D eigenvalue weighted by atomic mass is 79.9. The number of hydrogen-bond acceptors (Lipinski definition) is 4. The van der Waals surface area contributed by atoms with Gasteiger partial charge in [-0.25, -0.2) is 13.1 Å². The lowest BCUT2D eigenvalue weighted by molar-refractivity contribution is 0.395. The fraction of sp³-hybridized carbons (Fsp3) is 0.667. The first-order valence-corrected chi connectivity index (χ1v) is 11.1. The van der Waals surface area contributed by atoms with Crippen LogP contribution in [0.3, 0.4) is 0 Å². The largest absolute Gasteiger partial charge is 0.250 e. The van der Waals surface area contributed by atoms with E-state index in [2.05, 4.69) is 26.9 Å².